The fourth-order valence-corrected chi connectivity index (χ4v) is 2.89. The standard InChI is InChI=1S/C20H20N2O/c1-15-4-6-16(7-5-15)8-9-17-10-12-18(13-11-17)22-14-2-3-19(22)20(21)23/h4-7,10-13,19H,2-3,14H2,1H3,(H2,21,23)/t19-/m1/s1. The summed E-state index contributed by atoms with van der Waals surface area (Å²) in [6.07, 6.45) is 1.84. The Morgan fingerprint density at radius 1 is 1.04 bits per heavy atom. The summed E-state index contributed by atoms with van der Waals surface area (Å²) in [5.41, 5.74) is 9.71. The van der Waals surface area contributed by atoms with Crippen LogP contribution in [0.25, 0.3) is 0 Å². The van der Waals surface area contributed by atoms with Crippen molar-refractivity contribution in [2.45, 2.75) is 25.8 Å². The predicted molar refractivity (Wildman–Crippen MR) is 93.2 cm³/mol. The molecular weight excluding hydrogens is 284 g/mol. The van der Waals surface area contributed by atoms with Gasteiger partial charge in [0.15, 0.2) is 0 Å². The molecule has 116 valence electrons. The van der Waals surface area contributed by atoms with Gasteiger partial charge >= 0.3 is 0 Å². The quantitative estimate of drug-likeness (QED) is 0.867. The average Bonchev–Trinajstić information content (AvgIpc) is 3.05. The van der Waals surface area contributed by atoms with Crippen LogP contribution in [-0.2, 0) is 4.79 Å². The van der Waals surface area contributed by atoms with Crippen molar-refractivity contribution < 1.29 is 4.79 Å². The normalized spacial score (nSPS) is 16.7. The van der Waals surface area contributed by atoms with E-state index in [1.54, 1.807) is 0 Å². The number of amides is 1. The molecule has 1 atom stereocenters. The first-order valence-corrected chi connectivity index (χ1v) is 7.88. The molecule has 0 unspecified atom stereocenters. The largest absolute Gasteiger partial charge is 0.368 e. The minimum atomic E-state index is -0.245. The number of aryl methyl sites for hydroxylation is 1. The zero-order valence-corrected chi connectivity index (χ0v) is 13.3. The molecule has 23 heavy (non-hydrogen) atoms. The van der Waals surface area contributed by atoms with Gasteiger partial charge in [-0.05, 0) is 56.2 Å². The second-order valence-electron chi connectivity index (χ2n) is 5.92. The molecule has 2 aromatic carbocycles. The molecule has 1 saturated heterocycles. The third kappa shape index (κ3) is 3.54. The van der Waals surface area contributed by atoms with Crippen LogP contribution >= 0.6 is 0 Å². The highest BCUT2D eigenvalue weighted by atomic mass is 16.1. The first-order valence-electron chi connectivity index (χ1n) is 7.88. The van der Waals surface area contributed by atoms with Crippen LogP contribution in [0.15, 0.2) is 48.5 Å². The molecule has 0 aromatic heterocycles. The second kappa shape index (κ2) is 6.58. The third-order valence-electron chi connectivity index (χ3n) is 4.18. The molecule has 1 heterocycles. The van der Waals surface area contributed by atoms with E-state index in [-0.39, 0.29) is 11.9 Å². The summed E-state index contributed by atoms with van der Waals surface area (Å²) in [5, 5.41) is 0. The highest BCUT2D eigenvalue weighted by molar-refractivity contribution is 5.84. The minimum Gasteiger partial charge on any atom is -0.368 e. The van der Waals surface area contributed by atoms with Crippen molar-refractivity contribution in [3.05, 3.63) is 65.2 Å². The van der Waals surface area contributed by atoms with E-state index in [1.165, 1.54) is 5.56 Å². The van der Waals surface area contributed by atoms with Gasteiger partial charge in [-0.2, -0.15) is 0 Å². The fraction of sp³-hybridized carbons (Fsp3) is 0.250. The van der Waals surface area contributed by atoms with Crippen LogP contribution in [0.4, 0.5) is 5.69 Å². The van der Waals surface area contributed by atoms with Crippen molar-refractivity contribution in [2.24, 2.45) is 5.73 Å². The van der Waals surface area contributed by atoms with Gasteiger partial charge in [0.25, 0.3) is 0 Å². The Hall–Kier alpha value is -2.73. The molecule has 0 radical (unpaired) electrons. The van der Waals surface area contributed by atoms with Crippen LogP contribution in [0, 0.1) is 18.8 Å². The maximum Gasteiger partial charge on any atom is 0.240 e. The van der Waals surface area contributed by atoms with Crippen LogP contribution in [0.2, 0.25) is 0 Å². The zero-order valence-electron chi connectivity index (χ0n) is 13.3. The van der Waals surface area contributed by atoms with Crippen molar-refractivity contribution in [1.29, 1.82) is 0 Å². The van der Waals surface area contributed by atoms with Gasteiger partial charge in [0.1, 0.15) is 6.04 Å². The minimum absolute atomic E-state index is 0.181. The van der Waals surface area contributed by atoms with Crippen LogP contribution in [-0.4, -0.2) is 18.5 Å². The lowest BCUT2D eigenvalue weighted by atomic mass is 10.1. The molecule has 3 rings (SSSR count). The number of anilines is 1. The van der Waals surface area contributed by atoms with Gasteiger partial charge in [-0.15, -0.1) is 0 Å². The van der Waals surface area contributed by atoms with E-state index in [4.69, 9.17) is 5.73 Å². The van der Waals surface area contributed by atoms with Crippen LogP contribution in [0.1, 0.15) is 29.5 Å². The number of nitrogens with zero attached hydrogens (tertiary/aromatic N) is 1. The summed E-state index contributed by atoms with van der Waals surface area (Å²) in [6, 6.07) is 16.0. The number of carbonyl (C=O) groups excluding carboxylic acids is 1. The van der Waals surface area contributed by atoms with Crippen molar-refractivity contribution >= 4 is 11.6 Å². The van der Waals surface area contributed by atoms with Gasteiger partial charge in [0, 0.05) is 23.4 Å². The maximum atomic E-state index is 11.5. The van der Waals surface area contributed by atoms with E-state index in [0.29, 0.717) is 0 Å². The average molecular weight is 304 g/mol. The van der Waals surface area contributed by atoms with Gasteiger partial charge in [0.2, 0.25) is 5.91 Å². The van der Waals surface area contributed by atoms with Crippen molar-refractivity contribution in [2.75, 3.05) is 11.4 Å². The molecule has 1 aliphatic heterocycles. The number of nitrogens with two attached hydrogens (primary N) is 1. The van der Waals surface area contributed by atoms with Crippen LogP contribution in [0.5, 0.6) is 0 Å². The third-order valence-corrected chi connectivity index (χ3v) is 4.18. The smallest absolute Gasteiger partial charge is 0.240 e. The van der Waals surface area contributed by atoms with Gasteiger partial charge < -0.3 is 10.6 Å². The van der Waals surface area contributed by atoms with Gasteiger partial charge in [-0.25, -0.2) is 0 Å². The van der Waals surface area contributed by atoms with E-state index >= 15 is 0 Å². The highest BCUT2D eigenvalue weighted by Crippen LogP contribution is 2.25. The number of primary amides is 1. The van der Waals surface area contributed by atoms with E-state index in [9.17, 15) is 4.79 Å². The number of hydrogen-bond acceptors (Lipinski definition) is 2. The Morgan fingerprint density at radius 2 is 1.61 bits per heavy atom. The summed E-state index contributed by atoms with van der Waals surface area (Å²) in [7, 11) is 0. The molecule has 0 saturated carbocycles. The number of benzene rings is 2. The van der Waals surface area contributed by atoms with Crippen LogP contribution in [0.3, 0.4) is 0 Å². The summed E-state index contributed by atoms with van der Waals surface area (Å²) >= 11 is 0. The number of rotatable bonds is 2. The predicted octanol–water partition coefficient (Wildman–Crippen LogP) is 2.85. The molecule has 0 spiro atoms. The summed E-state index contributed by atoms with van der Waals surface area (Å²) in [4.78, 5) is 13.6. The van der Waals surface area contributed by atoms with Gasteiger partial charge in [-0.1, -0.05) is 29.5 Å². The summed E-state index contributed by atoms with van der Waals surface area (Å²) < 4.78 is 0. The number of carbonyl (C=O) groups is 1. The molecule has 1 aliphatic rings. The molecule has 2 N–H and O–H groups in total. The Labute approximate surface area is 137 Å². The van der Waals surface area contributed by atoms with E-state index in [0.717, 1.165) is 36.2 Å². The molecule has 3 heteroatoms. The summed E-state index contributed by atoms with van der Waals surface area (Å²) in [5.74, 6) is 6.09. The molecule has 1 fully saturated rings. The van der Waals surface area contributed by atoms with E-state index in [1.807, 2.05) is 36.4 Å². The number of hydrogen-bond donors (Lipinski definition) is 1. The monoisotopic (exact) mass is 304 g/mol. The van der Waals surface area contributed by atoms with Crippen molar-refractivity contribution in [3.8, 4) is 11.8 Å². The van der Waals surface area contributed by atoms with Crippen LogP contribution < -0.4 is 10.6 Å². The second-order valence-corrected chi connectivity index (χ2v) is 5.92. The lowest BCUT2D eigenvalue weighted by Crippen LogP contribution is -2.40. The van der Waals surface area contributed by atoms with Gasteiger partial charge in [0.05, 0.1) is 0 Å². The lowest BCUT2D eigenvalue weighted by molar-refractivity contribution is -0.119. The van der Waals surface area contributed by atoms with Gasteiger partial charge in [-0.3, -0.25) is 4.79 Å². The maximum absolute atomic E-state index is 11.5. The van der Waals surface area contributed by atoms with E-state index < -0.39 is 0 Å². The van der Waals surface area contributed by atoms with Crippen molar-refractivity contribution in [1.82, 2.24) is 0 Å². The summed E-state index contributed by atoms with van der Waals surface area (Å²) in [6.45, 7) is 2.94. The Balaban J connectivity index is 1.75. The molecule has 0 aliphatic carbocycles. The first kappa shape index (κ1) is 15.2. The lowest BCUT2D eigenvalue weighted by Gasteiger charge is -2.24. The molecule has 3 nitrogen and oxygen atoms in total. The Morgan fingerprint density at radius 3 is 2.17 bits per heavy atom. The SMILES string of the molecule is Cc1ccc(C#Cc2ccc(N3CCC[C@@H]3C(N)=O)cc2)cc1. The molecular formula is C20H20N2O. The molecule has 2 aromatic rings. The van der Waals surface area contributed by atoms with Crippen molar-refractivity contribution in [3.63, 3.8) is 0 Å². The molecule has 1 amide bonds. The zero-order chi connectivity index (χ0) is 16.2. The highest BCUT2D eigenvalue weighted by Gasteiger charge is 2.28. The Kier molecular flexibility index (Phi) is 4.34. The topological polar surface area (TPSA) is 46.3 Å². The fourth-order valence-electron chi connectivity index (χ4n) is 2.89. The molecule has 0 bridgehead atoms. The Bertz CT molecular complexity index is 751. The first-order chi connectivity index (χ1) is 11.1. The van der Waals surface area contributed by atoms with E-state index in [2.05, 4.69) is 35.8 Å².